The zero-order valence-corrected chi connectivity index (χ0v) is 8.94. The van der Waals surface area contributed by atoms with Crippen LogP contribution >= 0.6 is 0 Å². The van der Waals surface area contributed by atoms with Crippen molar-refractivity contribution in [1.82, 2.24) is 14.8 Å². The number of hydrogen-bond donors (Lipinski definition) is 1. The van der Waals surface area contributed by atoms with E-state index >= 15 is 0 Å². The van der Waals surface area contributed by atoms with Crippen molar-refractivity contribution in [2.24, 2.45) is 7.05 Å². The lowest BCUT2D eigenvalue weighted by atomic mass is 10.3. The lowest BCUT2D eigenvalue weighted by Gasteiger charge is -2.03. The van der Waals surface area contributed by atoms with E-state index in [1.807, 2.05) is 30.1 Å². The summed E-state index contributed by atoms with van der Waals surface area (Å²) >= 11 is 0. The van der Waals surface area contributed by atoms with Crippen molar-refractivity contribution in [2.45, 2.75) is 13.5 Å². The van der Waals surface area contributed by atoms with Crippen LogP contribution in [-0.4, -0.2) is 14.8 Å². The summed E-state index contributed by atoms with van der Waals surface area (Å²) in [4.78, 5) is 4.04. The highest BCUT2D eigenvalue weighted by atomic mass is 15.3. The standard InChI is InChI=1S/C11H14N4/c1-9-8-15(2)14-11(9)7-13-10-4-3-5-12-6-10/h3-6,8,13H,7H2,1-2H3. The zero-order valence-electron chi connectivity index (χ0n) is 8.94. The average Bonchev–Trinajstić information content (AvgIpc) is 2.56. The van der Waals surface area contributed by atoms with E-state index in [0.717, 1.165) is 17.9 Å². The Morgan fingerprint density at radius 2 is 2.33 bits per heavy atom. The van der Waals surface area contributed by atoms with E-state index in [9.17, 15) is 0 Å². The van der Waals surface area contributed by atoms with Crippen LogP contribution in [0.15, 0.2) is 30.7 Å². The summed E-state index contributed by atoms with van der Waals surface area (Å²) in [5.74, 6) is 0. The molecule has 15 heavy (non-hydrogen) atoms. The molecule has 0 bridgehead atoms. The maximum absolute atomic E-state index is 4.36. The van der Waals surface area contributed by atoms with Gasteiger partial charge in [-0.3, -0.25) is 9.67 Å². The maximum atomic E-state index is 4.36. The Hall–Kier alpha value is -1.84. The molecule has 0 spiro atoms. The van der Waals surface area contributed by atoms with Gasteiger partial charge in [-0.25, -0.2) is 0 Å². The number of aryl methyl sites for hydroxylation is 2. The molecule has 0 fully saturated rings. The first-order valence-corrected chi connectivity index (χ1v) is 4.89. The fourth-order valence-corrected chi connectivity index (χ4v) is 1.48. The van der Waals surface area contributed by atoms with E-state index in [1.54, 1.807) is 12.4 Å². The van der Waals surface area contributed by atoms with Crippen LogP contribution in [0.25, 0.3) is 0 Å². The second-order valence-electron chi connectivity index (χ2n) is 3.53. The van der Waals surface area contributed by atoms with E-state index in [2.05, 4.69) is 22.3 Å². The molecule has 0 aliphatic heterocycles. The van der Waals surface area contributed by atoms with Crippen LogP contribution in [0.3, 0.4) is 0 Å². The zero-order chi connectivity index (χ0) is 10.7. The van der Waals surface area contributed by atoms with Crippen LogP contribution in [0.4, 0.5) is 5.69 Å². The Bertz CT molecular complexity index is 433. The molecule has 0 aliphatic carbocycles. The van der Waals surface area contributed by atoms with Crippen molar-refractivity contribution in [3.63, 3.8) is 0 Å². The van der Waals surface area contributed by atoms with Crippen molar-refractivity contribution in [3.8, 4) is 0 Å². The maximum Gasteiger partial charge on any atom is 0.0844 e. The third-order valence-corrected chi connectivity index (χ3v) is 2.24. The highest BCUT2D eigenvalue weighted by molar-refractivity contribution is 5.40. The fourth-order valence-electron chi connectivity index (χ4n) is 1.48. The van der Waals surface area contributed by atoms with Crippen molar-refractivity contribution in [1.29, 1.82) is 0 Å². The van der Waals surface area contributed by atoms with E-state index in [0.29, 0.717) is 0 Å². The Morgan fingerprint density at radius 1 is 1.47 bits per heavy atom. The van der Waals surface area contributed by atoms with Crippen molar-refractivity contribution in [3.05, 3.63) is 42.0 Å². The van der Waals surface area contributed by atoms with Crippen LogP contribution in [0.2, 0.25) is 0 Å². The van der Waals surface area contributed by atoms with Crippen LogP contribution < -0.4 is 5.32 Å². The van der Waals surface area contributed by atoms with Gasteiger partial charge in [-0.15, -0.1) is 0 Å². The molecule has 2 aromatic rings. The van der Waals surface area contributed by atoms with Crippen LogP contribution in [0.5, 0.6) is 0 Å². The second-order valence-corrected chi connectivity index (χ2v) is 3.53. The van der Waals surface area contributed by atoms with Crippen molar-refractivity contribution < 1.29 is 0 Å². The first-order chi connectivity index (χ1) is 7.25. The fraction of sp³-hybridized carbons (Fsp3) is 0.273. The topological polar surface area (TPSA) is 42.7 Å². The molecular weight excluding hydrogens is 188 g/mol. The molecule has 0 saturated heterocycles. The van der Waals surface area contributed by atoms with Crippen molar-refractivity contribution in [2.75, 3.05) is 5.32 Å². The van der Waals surface area contributed by atoms with Gasteiger partial charge in [-0.1, -0.05) is 0 Å². The molecule has 0 atom stereocenters. The molecule has 4 nitrogen and oxygen atoms in total. The van der Waals surface area contributed by atoms with E-state index in [-0.39, 0.29) is 0 Å². The first-order valence-electron chi connectivity index (χ1n) is 4.89. The predicted octanol–water partition coefficient (Wildman–Crippen LogP) is 1.74. The van der Waals surface area contributed by atoms with Gasteiger partial charge in [0.05, 0.1) is 17.9 Å². The van der Waals surface area contributed by atoms with Crippen LogP contribution in [0.1, 0.15) is 11.3 Å². The predicted molar refractivity (Wildman–Crippen MR) is 59.5 cm³/mol. The van der Waals surface area contributed by atoms with Gasteiger partial charge in [0.1, 0.15) is 0 Å². The second kappa shape index (κ2) is 4.13. The molecule has 4 heteroatoms. The molecule has 0 radical (unpaired) electrons. The molecule has 2 rings (SSSR count). The number of pyridine rings is 1. The van der Waals surface area contributed by atoms with E-state index in [1.165, 1.54) is 5.56 Å². The van der Waals surface area contributed by atoms with E-state index in [4.69, 9.17) is 0 Å². The summed E-state index contributed by atoms with van der Waals surface area (Å²) in [7, 11) is 1.93. The number of hydrogen-bond acceptors (Lipinski definition) is 3. The third kappa shape index (κ3) is 2.34. The number of nitrogens with zero attached hydrogens (tertiary/aromatic N) is 3. The van der Waals surface area contributed by atoms with Gasteiger partial charge in [-0.05, 0) is 24.6 Å². The first kappa shape index (κ1) is 9.71. The van der Waals surface area contributed by atoms with Gasteiger partial charge >= 0.3 is 0 Å². The molecule has 0 aromatic carbocycles. The van der Waals surface area contributed by atoms with Gasteiger partial charge in [0.2, 0.25) is 0 Å². The molecule has 0 unspecified atom stereocenters. The van der Waals surface area contributed by atoms with E-state index < -0.39 is 0 Å². The largest absolute Gasteiger partial charge is 0.378 e. The lowest BCUT2D eigenvalue weighted by Crippen LogP contribution is -2.02. The van der Waals surface area contributed by atoms with Gasteiger partial charge in [0.25, 0.3) is 0 Å². The Morgan fingerprint density at radius 3 is 2.93 bits per heavy atom. The summed E-state index contributed by atoms with van der Waals surface area (Å²) in [5, 5.41) is 7.64. The monoisotopic (exact) mass is 202 g/mol. The van der Waals surface area contributed by atoms with Crippen LogP contribution in [0, 0.1) is 6.92 Å². The van der Waals surface area contributed by atoms with Gasteiger partial charge in [0.15, 0.2) is 0 Å². The number of nitrogens with one attached hydrogen (secondary N) is 1. The Labute approximate surface area is 89.0 Å². The minimum atomic E-state index is 0.734. The van der Waals surface area contributed by atoms with Crippen molar-refractivity contribution >= 4 is 5.69 Å². The highest BCUT2D eigenvalue weighted by Gasteiger charge is 2.02. The number of aromatic nitrogens is 3. The molecule has 2 heterocycles. The Balaban J connectivity index is 2.02. The summed E-state index contributed by atoms with van der Waals surface area (Å²) in [5.41, 5.74) is 3.29. The SMILES string of the molecule is Cc1cn(C)nc1CNc1cccnc1. The van der Waals surface area contributed by atoms with Gasteiger partial charge in [0, 0.05) is 25.6 Å². The van der Waals surface area contributed by atoms with Gasteiger partial charge in [-0.2, -0.15) is 5.10 Å². The molecule has 1 N–H and O–H groups in total. The molecule has 0 aliphatic rings. The van der Waals surface area contributed by atoms with Crippen LogP contribution in [-0.2, 0) is 13.6 Å². The highest BCUT2D eigenvalue weighted by Crippen LogP contribution is 2.08. The summed E-state index contributed by atoms with van der Waals surface area (Å²) < 4.78 is 1.83. The van der Waals surface area contributed by atoms with Gasteiger partial charge < -0.3 is 5.32 Å². The minimum absolute atomic E-state index is 0.734. The molecule has 2 aromatic heterocycles. The normalized spacial score (nSPS) is 10.3. The lowest BCUT2D eigenvalue weighted by molar-refractivity contribution is 0.747. The quantitative estimate of drug-likeness (QED) is 0.824. The summed E-state index contributed by atoms with van der Waals surface area (Å²) in [6.07, 6.45) is 5.58. The smallest absolute Gasteiger partial charge is 0.0844 e. The third-order valence-electron chi connectivity index (χ3n) is 2.24. The summed E-state index contributed by atoms with van der Waals surface area (Å²) in [6, 6.07) is 3.90. The molecule has 0 amide bonds. The molecule has 78 valence electrons. The number of anilines is 1. The number of rotatable bonds is 3. The minimum Gasteiger partial charge on any atom is -0.378 e. The summed E-state index contributed by atoms with van der Waals surface area (Å²) in [6.45, 7) is 2.80. The molecule has 0 saturated carbocycles. The molecular formula is C11H14N4. The Kier molecular flexibility index (Phi) is 2.67. The average molecular weight is 202 g/mol.